The van der Waals surface area contributed by atoms with E-state index in [1.54, 1.807) is 11.9 Å². The molecule has 2 rings (SSSR count). The number of primary amides is 1. The molecule has 0 bridgehead atoms. The van der Waals surface area contributed by atoms with Crippen LogP contribution >= 0.6 is 0 Å². The molecule has 2 aliphatic rings. The van der Waals surface area contributed by atoms with Crippen molar-refractivity contribution < 1.29 is 14.2 Å². The lowest BCUT2D eigenvalue weighted by molar-refractivity contribution is -0.719. The van der Waals surface area contributed by atoms with Gasteiger partial charge in [-0.2, -0.15) is 0 Å². The van der Waals surface area contributed by atoms with E-state index in [0.717, 1.165) is 13.0 Å². The van der Waals surface area contributed by atoms with Gasteiger partial charge in [-0.05, 0) is 25.0 Å². The first-order valence-corrected chi connectivity index (χ1v) is 6.19. The van der Waals surface area contributed by atoms with Gasteiger partial charge in [0, 0.05) is 19.6 Å². The Morgan fingerprint density at radius 1 is 1.58 bits per heavy atom. The van der Waals surface area contributed by atoms with Crippen LogP contribution in [0.4, 0.5) is 9.59 Å². The van der Waals surface area contributed by atoms with E-state index in [4.69, 9.17) is 5.73 Å². The Morgan fingerprint density at radius 2 is 2.26 bits per heavy atom. The predicted molar refractivity (Wildman–Crippen MR) is 69.8 cm³/mol. The summed E-state index contributed by atoms with van der Waals surface area (Å²) >= 11 is 0. The maximum absolute atomic E-state index is 12.5. The zero-order valence-electron chi connectivity index (χ0n) is 11.4. The van der Waals surface area contributed by atoms with Crippen molar-refractivity contribution >= 4 is 18.3 Å². The molecule has 0 aromatic heterocycles. The summed E-state index contributed by atoms with van der Waals surface area (Å²) < 4.78 is -0.856. The van der Waals surface area contributed by atoms with Gasteiger partial charge in [-0.3, -0.25) is 4.90 Å². The lowest BCUT2D eigenvalue weighted by atomic mass is 10.2. The molecule has 3 atom stereocenters. The number of amides is 4. The first-order valence-electron chi connectivity index (χ1n) is 6.19. The van der Waals surface area contributed by atoms with Crippen LogP contribution in [0.15, 0.2) is 11.3 Å². The van der Waals surface area contributed by atoms with Gasteiger partial charge in [0.15, 0.2) is 6.20 Å². The number of hydrogen-bond donors (Lipinski definition) is 1. The largest absolute Gasteiger partial charge is 0.459 e. The average molecular weight is 265 g/mol. The molecule has 0 spiro atoms. The van der Waals surface area contributed by atoms with Gasteiger partial charge in [-0.1, -0.05) is 5.10 Å². The number of allylic oxidation sites excluding steroid dienone is 1. The Labute approximate surface area is 112 Å². The molecule has 103 valence electrons. The van der Waals surface area contributed by atoms with E-state index in [2.05, 4.69) is 23.0 Å². The third-order valence-corrected chi connectivity index (χ3v) is 3.92. The molecular formula is C12H19N5O2+. The van der Waals surface area contributed by atoms with Crippen LogP contribution in [0.1, 0.15) is 13.3 Å². The summed E-state index contributed by atoms with van der Waals surface area (Å²) in [5.41, 5.74) is 5.32. The highest BCUT2D eigenvalue weighted by molar-refractivity contribution is 5.85. The summed E-state index contributed by atoms with van der Waals surface area (Å²) in [7, 11) is 3.70. The minimum Gasteiger partial charge on any atom is -0.316 e. The van der Waals surface area contributed by atoms with Gasteiger partial charge in [0.25, 0.3) is 0 Å². The van der Waals surface area contributed by atoms with E-state index >= 15 is 0 Å². The maximum Gasteiger partial charge on any atom is 0.459 e. The highest BCUT2D eigenvalue weighted by Crippen LogP contribution is 2.24. The zero-order chi connectivity index (χ0) is 14.2. The molecular weight excluding hydrogens is 246 g/mol. The SMILES string of the molecule is CC1CC(N(C)C(=O)[N+]2(C(N)=O)C=[C]C=N2)CN1C. The monoisotopic (exact) mass is 265 g/mol. The van der Waals surface area contributed by atoms with Crippen LogP contribution < -0.4 is 5.73 Å². The van der Waals surface area contributed by atoms with E-state index < -0.39 is 16.7 Å². The van der Waals surface area contributed by atoms with Crippen LogP contribution in [0.25, 0.3) is 0 Å². The van der Waals surface area contributed by atoms with Gasteiger partial charge >= 0.3 is 12.1 Å². The number of urea groups is 2. The number of hydrogen-bond acceptors (Lipinski definition) is 4. The summed E-state index contributed by atoms with van der Waals surface area (Å²) in [5.74, 6) is 0. The van der Waals surface area contributed by atoms with E-state index in [1.165, 1.54) is 12.4 Å². The maximum atomic E-state index is 12.5. The third kappa shape index (κ3) is 2.15. The first-order chi connectivity index (χ1) is 8.88. The van der Waals surface area contributed by atoms with E-state index in [0.29, 0.717) is 6.04 Å². The second-order valence-electron chi connectivity index (χ2n) is 5.14. The Bertz CT molecular complexity index is 437. The van der Waals surface area contributed by atoms with Gasteiger partial charge < -0.3 is 10.6 Å². The van der Waals surface area contributed by atoms with E-state index in [-0.39, 0.29) is 6.04 Å². The second kappa shape index (κ2) is 4.75. The fourth-order valence-corrected chi connectivity index (χ4v) is 2.46. The number of quaternary nitrogens is 1. The molecule has 0 aliphatic carbocycles. The topological polar surface area (TPSA) is 79.0 Å². The molecule has 1 fully saturated rings. The lowest BCUT2D eigenvalue weighted by Crippen LogP contribution is -2.57. The third-order valence-electron chi connectivity index (χ3n) is 3.92. The molecule has 7 heteroatoms. The molecule has 0 aromatic rings. The molecule has 2 N–H and O–H groups in total. The van der Waals surface area contributed by atoms with Crippen LogP contribution in [0.5, 0.6) is 0 Å². The van der Waals surface area contributed by atoms with Gasteiger partial charge in [0.05, 0.1) is 18.3 Å². The van der Waals surface area contributed by atoms with Crippen LogP contribution in [-0.4, -0.2) is 65.4 Å². The summed E-state index contributed by atoms with van der Waals surface area (Å²) in [4.78, 5) is 27.8. The summed E-state index contributed by atoms with van der Waals surface area (Å²) in [5, 5.41) is 3.86. The van der Waals surface area contributed by atoms with Gasteiger partial charge in [-0.25, -0.2) is 9.59 Å². The van der Waals surface area contributed by atoms with Crippen LogP contribution in [-0.2, 0) is 0 Å². The van der Waals surface area contributed by atoms with Crippen molar-refractivity contribution in [3.05, 3.63) is 12.3 Å². The number of imide groups is 1. The second-order valence-corrected chi connectivity index (χ2v) is 5.14. The number of nitrogens with zero attached hydrogens (tertiary/aromatic N) is 4. The van der Waals surface area contributed by atoms with Gasteiger partial charge in [0.1, 0.15) is 0 Å². The van der Waals surface area contributed by atoms with Crippen LogP contribution in [0.2, 0.25) is 0 Å². The van der Waals surface area contributed by atoms with Gasteiger partial charge in [-0.15, -0.1) is 0 Å². The van der Waals surface area contributed by atoms with Crippen molar-refractivity contribution in [3.63, 3.8) is 0 Å². The van der Waals surface area contributed by atoms with Crippen molar-refractivity contribution in [1.82, 2.24) is 9.80 Å². The highest BCUT2D eigenvalue weighted by Gasteiger charge is 2.49. The standard InChI is InChI=1S/C12H18N5O2/c1-9-7-10(8-15(9)2)16(3)12(19)17(11(13)18)6-4-5-14-17/h5-6,9-10H,7-8H2,1-3H3,(H-,13,18)/p+1. The molecule has 19 heavy (non-hydrogen) atoms. The lowest BCUT2D eigenvalue weighted by Gasteiger charge is -2.28. The number of likely N-dealkylation sites (N-methyl/N-ethyl adjacent to an activating group) is 2. The molecule has 0 saturated carbocycles. The number of nitrogens with two attached hydrogens (primary N) is 1. The van der Waals surface area contributed by atoms with Crippen LogP contribution in [0, 0.1) is 6.08 Å². The van der Waals surface area contributed by atoms with Gasteiger partial charge in [0.2, 0.25) is 0 Å². The number of carbonyl (C=O) groups excluding carboxylic acids is 2. The Kier molecular flexibility index (Phi) is 3.42. The summed E-state index contributed by atoms with van der Waals surface area (Å²) in [6.07, 6.45) is 6.08. The smallest absolute Gasteiger partial charge is 0.316 e. The molecule has 4 amide bonds. The minimum atomic E-state index is -0.856. The molecule has 1 saturated heterocycles. The fraction of sp³-hybridized carbons (Fsp3) is 0.583. The van der Waals surface area contributed by atoms with Crippen molar-refractivity contribution in [2.24, 2.45) is 10.8 Å². The number of carbonyl (C=O) groups is 2. The number of likely N-dealkylation sites (tertiary alicyclic amines) is 1. The molecule has 3 unspecified atom stereocenters. The Morgan fingerprint density at radius 3 is 2.68 bits per heavy atom. The summed E-state index contributed by atoms with van der Waals surface area (Å²) in [6, 6.07) is -0.795. The molecule has 1 radical (unpaired) electrons. The summed E-state index contributed by atoms with van der Waals surface area (Å²) in [6.45, 7) is 2.89. The Hall–Kier alpha value is -1.73. The Balaban J connectivity index is 2.18. The minimum absolute atomic E-state index is 0.0612. The number of rotatable bonds is 1. The molecule has 2 heterocycles. The fourth-order valence-electron chi connectivity index (χ4n) is 2.46. The van der Waals surface area contributed by atoms with E-state index in [1.807, 2.05) is 7.05 Å². The molecule has 7 nitrogen and oxygen atoms in total. The highest BCUT2D eigenvalue weighted by atomic mass is 16.2. The average Bonchev–Trinajstić information content (AvgIpc) is 2.96. The van der Waals surface area contributed by atoms with Crippen molar-refractivity contribution in [2.45, 2.75) is 25.4 Å². The molecule has 0 aromatic carbocycles. The normalized spacial score (nSPS) is 33.8. The van der Waals surface area contributed by atoms with E-state index in [9.17, 15) is 9.59 Å². The van der Waals surface area contributed by atoms with Crippen molar-refractivity contribution in [2.75, 3.05) is 20.6 Å². The van der Waals surface area contributed by atoms with Crippen molar-refractivity contribution in [3.8, 4) is 0 Å². The predicted octanol–water partition coefficient (Wildman–Crippen LogP) is 0.343. The van der Waals surface area contributed by atoms with Crippen LogP contribution in [0.3, 0.4) is 0 Å². The quantitative estimate of drug-likeness (QED) is 0.694. The van der Waals surface area contributed by atoms with Crippen molar-refractivity contribution in [1.29, 1.82) is 0 Å². The molecule has 2 aliphatic heterocycles. The zero-order valence-corrected chi connectivity index (χ0v) is 11.4. The first kappa shape index (κ1) is 13.7.